The molecule has 30 heavy (non-hydrogen) atoms. The van der Waals surface area contributed by atoms with Crippen molar-refractivity contribution in [2.45, 2.75) is 13.0 Å². The van der Waals surface area contributed by atoms with Crippen LogP contribution in [0.15, 0.2) is 48.5 Å². The number of nitrogens with one attached hydrogen (secondary N) is 2. The average Bonchev–Trinajstić information content (AvgIpc) is 2.76. The Morgan fingerprint density at radius 3 is 2.43 bits per heavy atom. The lowest BCUT2D eigenvalue weighted by molar-refractivity contribution is 0.112. The Labute approximate surface area is 177 Å². The highest BCUT2D eigenvalue weighted by molar-refractivity contribution is 5.88. The van der Waals surface area contributed by atoms with E-state index in [1.807, 2.05) is 45.4 Å². The molecule has 7 nitrogen and oxygen atoms in total. The Morgan fingerprint density at radius 1 is 1.07 bits per heavy atom. The molecule has 0 saturated heterocycles. The van der Waals surface area contributed by atoms with Crippen molar-refractivity contribution in [3.63, 3.8) is 0 Å². The minimum absolute atomic E-state index is 0.575. The first-order valence-electron chi connectivity index (χ1n) is 9.81. The zero-order chi connectivity index (χ0) is 21.8. The first kappa shape index (κ1) is 22.9. The van der Waals surface area contributed by atoms with Gasteiger partial charge in [-0.05, 0) is 58.4 Å². The second-order valence-electron chi connectivity index (χ2n) is 6.98. The lowest BCUT2D eigenvalue weighted by atomic mass is 10.2. The largest absolute Gasteiger partial charge is 0.369 e. The van der Waals surface area contributed by atoms with Gasteiger partial charge in [0.25, 0.3) is 0 Å². The number of nitrogens with zero attached hydrogens (tertiary/aromatic N) is 4. The maximum Gasteiger partial charge on any atom is 0.150 e. The number of para-hydroxylation sites is 1. The number of benzene rings is 2. The molecule has 0 amide bonds. The van der Waals surface area contributed by atoms with E-state index in [4.69, 9.17) is 5.26 Å². The van der Waals surface area contributed by atoms with Crippen LogP contribution in [0.3, 0.4) is 0 Å². The summed E-state index contributed by atoms with van der Waals surface area (Å²) in [6.07, 6.45) is 1.82. The van der Waals surface area contributed by atoms with E-state index >= 15 is 0 Å². The highest BCUT2D eigenvalue weighted by Crippen LogP contribution is 2.20. The van der Waals surface area contributed by atoms with Gasteiger partial charge in [0.1, 0.15) is 17.9 Å². The number of aromatic nitrogens is 2. The van der Waals surface area contributed by atoms with Crippen LogP contribution in [0.1, 0.15) is 28.2 Å². The quantitative estimate of drug-likeness (QED) is 0.440. The van der Waals surface area contributed by atoms with Gasteiger partial charge in [0, 0.05) is 17.5 Å². The van der Waals surface area contributed by atoms with Gasteiger partial charge in [-0.15, -0.1) is 0 Å². The van der Waals surface area contributed by atoms with Crippen molar-refractivity contribution in [1.82, 2.24) is 20.2 Å². The molecule has 0 fully saturated rings. The number of carbonyl (C=O) groups excluding carboxylic acids is 1. The van der Waals surface area contributed by atoms with Gasteiger partial charge in [-0.2, -0.15) is 5.26 Å². The Hall–Kier alpha value is -3.34. The van der Waals surface area contributed by atoms with Crippen LogP contribution in [0.5, 0.6) is 0 Å². The molecule has 0 unspecified atom stereocenters. The summed E-state index contributed by atoms with van der Waals surface area (Å²) in [6.45, 7) is 2.65. The Bertz CT molecular complexity index is 979. The fourth-order valence-electron chi connectivity index (χ4n) is 2.72. The first-order valence-corrected chi connectivity index (χ1v) is 9.81. The first-order chi connectivity index (χ1) is 14.6. The van der Waals surface area contributed by atoms with Crippen molar-refractivity contribution in [3.05, 3.63) is 65.5 Å². The van der Waals surface area contributed by atoms with Gasteiger partial charge in [0.2, 0.25) is 0 Å². The van der Waals surface area contributed by atoms with Crippen LogP contribution >= 0.6 is 0 Å². The summed E-state index contributed by atoms with van der Waals surface area (Å²) in [4.78, 5) is 21.5. The van der Waals surface area contributed by atoms with E-state index in [1.54, 1.807) is 24.3 Å². The Kier molecular flexibility index (Phi) is 9.38. The molecule has 0 aliphatic heterocycles. The molecule has 2 N–H and O–H groups in total. The summed E-state index contributed by atoms with van der Waals surface area (Å²) in [7, 11) is 6.02. The van der Waals surface area contributed by atoms with Crippen LogP contribution in [-0.2, 0) is 6.54 Å². The zero-order valence-electron chi connectivity index (χ0n) is 17.7. The number of carbonyl (C=O) groups is 1. The molecule has 156 valence electrons. The number of anilines is 1. The molecule has 0 saturated carbocycles. The molecule has 1 heterocycles. The van der Waals surface area contributed by atoms with Gasteiger partial charge in [0.05, 0.1) is 23.7 Å². The fourth-order valence-corrected chi connectivity index (χ4v) is 2.72. The van der Waals surface area contributed by atoms with E-state index < -0.39 is 0 Å². The molecule has 1 aromatic heterocycles. The van der Waals surface area contributed by atoms with Crippen molar-refractivity contribution in [2.24, 2.45) is 0 Å². The lowest BCUT2D eigenvalue weighted by Crippen LogP contribution is -2.16. The van der Waals surface area contributed by atoms with Crippen LogP contribution < -0.4 is 10.6 Å². The molecule has 3 aromatic rings. The monoisotopic (exact) mass is 404 g/mol. The lowest BCUT2D eigenvalue weighted by Gasteiger charge is -2.13. The summed E-state index contributed by atoms with van der Waals surface area (Å²) in [5.74, 6) is 1.79. The molecule has 2 aromatic carbocycles. The maximum atomic E-state index is 10.1. The third kappa shape index (κ3) is 7.24. The SMILES string of the molecule is CNCCCNc1nc(CN(C)C)nc2ccccc12.N#Cc1ccc(C=O)cc1. The number of nitriles is 1. The van der Waals surface area contributed by atoms with Crippen LogP contribution in [0.4, 0.5) is 5.82 Å². The average molecular weight is 405 g/mol. The summed E-state index contributed by atoms with van der Waals surface area (Å²) in [5.41, 5.74) is 2.17. The summed E-state index contributed by atoms with van der Waals surface area (Å²) >= 11 is 0. The maximum absolute atomic E-state index is 10.1. The van der Waals surface area contributed by atoms with E-state index in [0.717, 1.165) is 54.9 Å². The van der Waals surface area contributed by atoms with Gasteiger partial charge in [0.15, 0.2) is 0 Å². The summed E-state index contributed by atoms with van der Waals surface area (Å²) in [5, 5.41) is 16.0. The van der Waals surface area contributed by atoms with Crippen LogP contribution in [0.25, 0.3) is 10.9 Å². The Morgan fingerprint density at radius 2 is 1.80 bits per heavy atom. The van der Waals surface area contributed by atoms with E-state index in [1.165, 1.54) is 0 Å². The van der Waals surface area contributed by atoms with Crippen molar-refractivity contribution in [2.75, 3.05) is 39.5 Å². The molecule has 3 rings (SSSR count). The number of aldehydes is 1. The van der Waals surface area contributed by atoms with E-state index in [9.17, 15) is 4.79 Å². The topological polar surface area (TPSA) is 93.9 Å². The van der Waals surface area contributed by atoms with Crippen molar-refractivity contribution in [3.8, 4) is 6.07 Å². The normalized spacial score (nSPS) is 10.2. The number of hydrogen-bond acceptors (Lipinski definition) is 7. The predicted molar refractivity (Wildman–Crippen MR) is 121 cm³/mol. The van der Waals surface area contributed by atoms with E-state index in [-0.39, 0.29) is 0 Å². The molecule has 0 radical (unpaired) electrons. The highest BCUT2D eigenvalue weighted by atomic mass is 16.1. The minimum Gasteiger partial charge on any atom is -0.369 e. The summed E-state index contributed by atoms with van der Waals surface area (Å²) < 4.78 is 0. The molecular weight excluding hydrogens is 376 g/mol. The fraction of sp³-hybridized carbons (Fsp3) is 0.304. The predicted octanol–water partition coefficient (Wildman–Crippen LogP) is 3.08. The van der Waals surface area contributed by atoms with Gasteiger partial charge >= 0.3 is 0 Å². The van der Waals surface area contributed by atoms with Gasteiger partial charge < -0.3 is 15.5 Å². The highest BCUT2D eigenvalue weighted by Gasteiger charge is 2.07. The molecule has 0 aliphatic rings. The standard InChI is InChI=1S/C15H23N5.C8H5NO/c1-16-9-6-10-17-15-12-7-4-5-8-13(12)18-14(19-15)11-20(2)3;9-5-7-1-3-8(6-10)4-2-7/h4-5,7-8,16H,6,9-11H2,1-3H3,(H,17,18,19);1-4,6H. The van der Waals surface area contributed by atoms with Crippen LogP contribution in [0.2, 0.25) is 0 Å². The molecule has 0 atom stereocenters. The van der Waals surface area contributed by atoms with Gasteiger partial charge in [-0.25, -0.2) is 9.97 Å². The van der Waals surface area contributed by atoms with Crippen molar-refractivity contribution < 1.29 is 4.79 Å². The smallest absolute Gasteiger partial charge is 0.150 e. The van der Waals surface area contributed by atoms with Gasteiger partial charge in [-0.1, -0.05) is 24.3 Å². The van der Waals surface area contributed by atoms with Crippen LogP contribution in [0, 0.1) is 11.3 Å². The number of fused-ring (bicyclic) bond motifs is 1. The summed E-state index contributed by atoms with van der Waals surface area (Å²) in [6, 6.07) is 16.6. The van der Waals surface area contributed by atoms with Crippen molar-refractivity contribution >= 4 is 23.0 Å². The third-order valence-corrected chi connectivity index (χ3v) is 4.18. The van der Waals surface area contributed by atoms with Crippen LogP contribution in [-0.4, -0.2) is 55.4 Å². The number of rotatable bonds is 8. The van der Waals surface area contributed by atoms with E-state index in [0.29, 0.717) is 11.1 Å². The molecule has 7 heteroatoms. The minimum atomic E-state index is 0.575. The Balaban J connectivity index is 0.000000269. The molecule has 0 bridgehead atoms. The zero-order valence-corrected chi connectivity index (χ0v) is 17.7. The van der Waals surface area contributed by atoms with Gasteiger partial charge in [-0.3, -0.25) is 4.79 Å². The van der Waals surface area contributed by atoms with E-state index in [2.05, 4.69) is 31.6 Å². The number of hydrogen-bond donors (Lipinski definition) is 2. The molecular formula is C23H28N6O. The second-order valence-corrected chi connectivity index (χ2v) is 6.98. The van der Waals surface area contributed by atoms with Crippen molar-refractivity contribution in [1.29, 1.82) is 5.26 Å². The third-order valence-electron chi connectivity index (χ3n) is 4.18. The second kappa shape index (κ2) is 12.3. The molecule has 0 aliphatic carbocycles. The molecule has 0 spiro atoms.